The van der Waals surface area contributed by atoms with Gasteiger partial charge in [0.1, 0.15) is 5.75 Å². The molecule has 2 amide bonds. The van der Waals surface area contributed by atoms with Crippen LogP contribution in [0.25, 0.3) is 0 Å². The molecule has 0 aliphatic carbocycles. The maximum Gasteiger partial charge on any atom is 0.237 e. The number of carbonyl (C=O) groups is 2. The van der Waals surface area contributed by atoms with Crippen molar-refractivity contribution in [1.29, 1.82) is 0 Å². The van der Waals surface area contributed by atoms with Crippen molar-refractivity contribution in [3.63, 3.8) is 0 Å². The predicted molar refractivity (Wildman–Crippen MR) is 125 cm³/mol. The predicted octanol–water partition coefficient (Wildman–Crippen LogP) is 3.51. The van der Waals surface area contributed by atoms with E-state index in [-0.39, 0.29) is 36.5 Å². The molecule has 3 atom stereocenters. The van der Waals surface area contributed by atoms with Gasteiger partial charge in [0.05, 0.1) is 12.1 Å². The summed E-state index contributed by atoms with van der Waals surface area (Å²) in [6.07, 6.45) is 1.44. The van der Waals surface area contributed by atoms with Crippen molar-refractivity contribution in [1.82, 2.24) is 10.2 Å². The molecule has 1 aliphatic heterocycles. The molecular weight excluding hydrogens is 437 g/mol. The lowest BCUT2D eigenvalue weighted by Gasteiger charge is -2.40. The van der Waals surface area contributed by atoms with Crippen LogP contribution in [0.15, 0.2) is 42.5 Å². The van der Waals surface area contributed by atoms with Gasteiger partial charge < -0.3 is 16.2 Å². The molecule has 0 bridgehead atoms. The number of aromatic hydroxyl groups is 1. The second-order valence-corrected chi connectivity index (χ2v) is 8.35. The Bertz CT molecular complexity index is 924. The van der Waals surface area contributed by atoms with E-state index < -0.39 is 18.0 Å². The number of phenolic OH excluding ortho intramolecular Hbond substituents is 1. The highest BCUT2D eigenvalue weighted by molar-refractivity contribution is 6.30. The topological polar surface area (TPSA) is 95.7 Å². The van der Waals surface area contributed by atoms with E-state index >= 15 is 0 Å². The van der Waals surface area contributed by atoms with Gasteiger partial charge in [0.2, 0.25) is 11.8 Å². The fourth-order valence-corrected chi connectivity index (χ4v) is 4.47. The Morgan fingerprint density at radius 3 is 2.61 bits per heavy atom. The van der Waals surface area contributed by atoms with Crippen LogP contribution < -0.4 is 11.1 Å². The Hall–Kier alpha value is -2.28. The van der Waals surface area contributed by atoms with Gasteiger partial charge in [0.15, 0.2) is 0 Å². The molecule has 1 saturated heterocycles. The first-order valence-electron chi connectivity index (χ1n) is 10.1. The van der Waals surface area contributed by atoms with Crippen LogP contribution in [0.5, 0.6) is 5.75 Å². The van der Waals surface area contributed by atoms with Crippen molar-refractivity contribution in [2.45, 2.75) is 51.2 Å². The smallest absolute Gasteiger partial charge is 0.237 e. The van der Waals surface area contributed by atoms with Crippen LogP contribution in [-0.2, 0) is 16.1 Å². The first-order valence-corrected chi connectivity index (χ1v) is 10.5. The Labute approximate surface area is 194 Å². The van der Waals surface area contributed by atoms with Crippen molar-refractivity contribution in [2.24, 2.45) is 5.73 Å². The number of hydrogen-bond donors (Lipinski definition) is 3. The normalized spacial score (nSPS) is 19.8. The zero-order valence-corrected chi connectivity index (χ0v) is 19.2. The van der Waals surface area contributed by atoms with Crippen LogP contribution in [0.1, 0.15) is 42.4 Å². The summed E-state index contributed by atoms with van der Waals surface area (Å²) in [5.74, 6) is -0.289. The largest absolute Gasteiger partial charge is 0.507 e. The number of likely N-dealkylation sites (tertiary alicyclic amines) is 1. The Morgan fingerprint density at radius 2 is 1.97 bits per heavy atom. The maximum atomic E-state index is 12.8. The summed E-state index contributed by atoms with van der Waals surface area (Å²) in [6, 6.07) is 12.3. The Kier molecular flexibility index (Phi) is 8.74. The van der Waals surface area contributed by atoms with E-state index in [4.69, 9.17) is 17.3 Å². The number of hydrogen-bond acceptors (Lipinski definition) is 4. The number of nitrogens with one attached hydrogen (secondary N) is 1. The SMILES string of the molecule is Cc1cc(Cl)cc(CNC(=O)[C@H](C)N2CCC(c3ccccc3)CC2C(N)=O)c1O.Cl. The van der Waals surface area contributed by atoms with Crippen molar-refractivity contribution < 1.29 is 14.7 Å². The molecule has 3 rings (SSSR count). The molecule has 2 aromatic carbocycles. The molecule has 1 heterocycles. The summed E-state index contributed by atoms with van der Waals surface area (Å²) in [5, 5.41) is 13.5. The molecular formula is C23H29Cl2N3O3. The quantitative estimate of drug-likeness (QED) is 0.607. The lowest BCUT2D eigenvalue weighted by atomic mass is 9.84. The molecule has 0 saturated carbocycles. The number of amides is 2. The molecule has 4 N–H and O–H groups in total. The third kappa shape index (κ3) is 5.91. The molecule has 31 heavy (non-hydrogen) atoms. The molecule has 2 unspecified atom stereocenters. The van der Waals surface area contributed by atoms with Crippen molar-refractivity contribution in [2.75, 3.05) is 6.54 Å². The third-order valence-electron chi connectivity index (χ3n) is 5.92. The van der Waals surface area contributed by atoms with E-state index in [1.165, 1.54) is 5.56 Å². The molecule has 0 spiro atoms. The van der Waals surface area contributed by atoms with E-state index in [0.717, 1.165) is 6.42 Å². The number of carbonyl (C=O) groups excluding carboxylic acids is 2. The fourth-order valence-electron chi connectivity index (χ4n) is 4.17. The minimum absolute atomic E-state index is 0. The lowest BCUT2D eigenvalue weighted by Crippen LogP contribution is -2.56. The first-order chi connectivity index (χ1) is 14.3. The van der Waals surface area contributed by atoms with Gasteiger partial charge in [-0.1, -0.05) is 41.9 Å². The highest BCUT2D eigenvalue weighted by Crippen LogP contribution is 2.32. The summed E-state index contributed by atoms with van der Waals surface area (Å²) in [5.41, 5.74) is 8.08. The average molecular weight is 466 g/mol. The summed E-state index contributed by atoms with van der Waals surface area (Å²) in [7, 11) is 0. The summed E-state index contributed by atoms with van der Waals surface area (Å²) in [4.78, 5) is 26.8. The molecule has 1 aliphatic rings. The van der Waals surface area contributed by atoms with E-state index in [2.05, 4.69) is 17.4 Å². The van der Waals surface area contributed by atoms with Gasteiger partial charge in [-0.25, -0.2) is 0 Å². The van der Waals surface area contributed by atoms with E-state index in [1.54, 1.807) is 26.0 Å². The number of halogens is 2. The van der Waals surface area contributed by atoms with Crippen LogP contribution >= 0.6 is 24.0 Å². The number of benzene rings is 2. The zero-order valence-electron chi connectivity index (χ0n) is 17.7. The lowest BCUT2D eigenvalue weighted by molar-refractivity contribution is -0.132. The first kappa shape index (κ1) is 25.0. The molecule has 6 nitrogen and oxygen atoms in total. The number of piperidine rings is 1. The number of phenols is 1. The van der Waals surface area contributed by atoms with E-state index in [1.807, 2.05) is 23.1 Å². The molecule has 1 fully saturated rings. The number of nitrogens with two attached hydrogens (primary N) is 1. The molecule has 0 aromatic heterocycles. The van der Waals surface area contributed by atoms with Crippen LogP contribution in [0, 0.1) is 6.92 Å². The van der Waals surface area contributed by atoms with Crippen molar-refractivity contribution in [3.8, 4) is 5.75 Å². The van der Waals surface area contributed by atoms with Gasteiger partial charge in [-0.15, -0.1) is 12.4 Å². The van der Waals surface area contributed by atoms with E-state index in [9.17, 15) is 14.7 Å². The van der Waals surface area contributed by atoms with E-state index in [0.29, 0.717) is 29.1 Å². The van der Waals surface area contributed by atoms with Crippen molar-refractivity contribution in [3.05, 3.63) is 64.2 Å². The number of aryl methyl sites for hydroxylation is 1. The third-order valence-corrected chi connectivity index (χ3v) is 6.14. The maximum absolute atomic E-state index is 12.8. The van der Waals surface area contributed by atoms with Gasteiger partial charge in [-0.3, -0.25) is 14.5 Å². The van der Waals surface area contributed by atoms with Gasteiger partial charge in [0, 0.05) is 23.7 Å². The zero-order chi connectivity index (χ0) is 21.8. The summed E-state index contributed by atoms with van der Waals surface area (Å²) < 4.78 is 0. The second-order valence-electron chi connectivity index (χ2n) is 7.91. The molecule has 168 valence electrons. The number of nitrogens with zero attached hydrogens (tertiary/aromatic N) is 1. The minimum Gasteiger partial charge on any atom is -0.507 e. The van der Waals surface area contributed by atoms with Gasteiger partial charge in [-0.2, -0.15) is 0 Å². The van der Waals surface area contributed by atoms with Crippen LogP contribution in [0.3, 0.4) is 0 Å². The molecule has 8 heteroatoms. The van der Waals surface area contributed by atoms with Gasteiger partial charge >= 0.3 is 0 Å². The highest BCUT2D eigenvalue weighted by Gasteiger charge is 2.37. The standard InChI is InChI=1S/C23H28ClN3O3.ClH/c1-14-10-19(24)11-18(21(14)28)13-26-23(30)15(2)27-9-8-17(12-20(27)22(25)29)16-6-4-3-5-7-16;/h3-7,10-11,15,17,20,28H,8-9,12-13H2,1-2H3,(H2,25,29)(H,26,30);1H/t15-,17?,20?;/m0./s1. The van der Waals surface area contributed by atoms with Gasteiger partial charge in [0.25, 0.3) is 0 Å². The minimum atomic E-state index is -0.526. The molecule has 0 radical (unpaired) electrons. The van der Waals surface area contributed by atoms with Crippen LogP contribution in [0.2, 0.25) is 5.02 Å². The summed E-state index contributed by atoms with van der Waals surface area (Å²) in [6.45, 7) is 4.28. The van der Waals surface area contributed by atoms with Crippen molar-refractivity contribution >= 4 is 35.8 Å². The van der Waals surface area contributed by atoms with Crippen LogP contribution in [-0.4, -0.2) is 40.4 Å². The highest BCUT2D eigenvalue weighted by atomic mass is 35.5. The Morgan fingerprint density at radius 1 is 1.29 bits per heavy atom. The summed E-state index contributed by atoms with van der Waals surface area (Å²) >= 11 is 6.06. The molecule has 2 aromatic rings. The Balaban J connectivity index is 0.00000341. The second kappa shape index (κ2) is 10.8. The van der Waals surface area contributed by atoms with Crippen LogP contribution in [0.4, 0.5) is 0 Å². The number of rotatable bonds is 6. The average Bonchev–Trinajstić information content (AvgIpc) is 2.74. The fraction of sp³-hybridized carbons (Fsp3) is 0.391. The monoisotopic (exact) mass is 465 g/mol. The number of primary amides is 1. The van der Waals surface area contributed by atoms with Gasteiger partial charge in [-0.05, 0) is 55.9 Å².